The number of hydrogen-bond donors (Lipinski definition) is 1. The molecule has 0 unspecified atom stereocenters. The molecule has 7 nitrogen and oxygen atoms in total. The van der Waals surface area contributed by atoms with Crippen LogP contribution in [0.5, 0.6) is 0 Å². The molecule has 1 aliphatic heterocycles. The van der Waals surface area contributed by atoms with E-state index in [-0.39, 0.29) is 23.9 Å². The Kier molecular flexibility index (Phi) is 6.70. The van der Waals surface area contributed by atoms with E-state index in [1.165, 1.54) is 29.6 Å². The van der Waals surface area contributed by atoms with Gasteiger partial charge in [-0.25, -0.2) is 4.39 Å². The molecule has 1 aromatic heterocycles. The SMILES string of the molecule is CN1CCN(c2ccc3c(c2)C=C(C2=CC(NC(=O)c4cnn(Cc5ccc(F)cc5)c4)=CCC2=O)C3)CC1. The molecule has 1 N–H and O–H groups in total. The van der Waals surface area contributed by atoms with Gasteiger partial charge in [0, 0.05) is 55.8 Å². The predicted molar refractivity (Wildman–Crippen MR) is 149 cm³/mol. The highest BCUT2D eigenvalue weighted by Crippen LogP contribution is 2.34. The molecule has 198 valence electrons. The van der Waals surface area contributed by atoms with Gasteiger partial charge in [0.15, 0.2) is 5.78 Å². The summed E-state index contributed by atoms with van der Waals surface area (Å²) in [4.78, 5) is 30.5. The van der Waals surface area contributed by atoms with Gasteiger partial charge in [-0.15, -0.1) is 0 Å². The highest BCUT2D eigenvalue weighted by molar-refractivity contribution is 6.04. The van der Waals surface area contributed by atoms with Crippen LogP contribution in [0.4, 0.5) is 10.1 Å². The first kappa shape index (κ1) is 25.0. The highest BCUT2D eigenvalue weighted by atomic mass is 19.1. The lowest BCUT2D eigenvalue weighted by atomic mass is 9.93. The van der Waals surface area contributed by atoms with E-state index >= 15 is 0 Å². The maximum Gasteiger partial charge on any atom is 0.258 e. The van der Waals surface area contributed by atoms with Crippen molar-refractivity contribution in [3.8, 4) is 0 Å². The van der Waals surface area contributed by atoms with Crippen LogP contribution in [0.3, 0.4) is 0 Å². The number of nitrogens with one attached hydrogen (secondary N) is 1. The summed E-state index contributed by atoms with van der Waals surface area (Å²) < 4.78 is 14.8. The van der Waals surface area contributed by atoms with Crippen LogP contribution in [0.1, 0.15) is 33.5 Å². The second-order valence-electron chi connectivity index (χ2n) is 10.4. The Hall–Kier alpha value is -4.30. The Morgan fingerprint density at radius 3 is 2.64 bits per heavy atom. The molecule has 2 aliphatic carbocycles. The topological polar surface area (TPSA) is 70.5 Å². The second kappa shape index (κ2) is 10.5. The first-order chi connectivity index (χ1) is 18.9. The molecule has 0 spiro atoms. The molecule has 0 bridgehead atoms. The summed E-state index contributed by atoms with van der Waals surface area (Å²) in [6.45, 7) is 4.55. The standard InChI is InChI=1S/C31H30FN5O2/c1-35-10-12-36(13-11-35)28-8-4-22-14-24(15-23(22)16-28)29-17-27(7-9-30(29)38)34-31(39)25-18-33-37(20-25)19-21-2-5-26(32)6-3-21/h2-8,15-18,20H,9-14,19H2,1H3,(H,34,39). The number of likely N-dealkylation sites (N-methyl/N-ethyl adjacent to an activating group) is 1. The van der Waals surface area contributed by atoms with Gasteiger partial charge in [0.05, 0.1) is 18.3 Å². The number of carbonyl (C=O) groups is 2. The van der Waals surface area contributed by atoms with Crippen LogP contribution in [0.15, 0.2) is 83.9 Å². The van der Waals surface area contributed by atoms with Crippen molar-refractivity contribution in [3.63, 3.8) is 0 Å². The van der Waals surface area contributed by atoms with Crippen molar-refractivity contribution in [1.29, 1.82) is 0 Å². The maximum atomic E-state index is 13.2. The molecule has 6 rings (SSSR count). The van der Waals surface area contributed by atoms with E-state index in [1.54, 1.807) is 35.2 Å². The van der Waals surface area contributed by atoms with Gasteiger partial charge in [0.1, 0.15) is 5.82 Å². The van der Waals surface area contributed by atoms with Gasteiger partial charge >= 0.3 is 0 Å². The van der Waals surface area contributed by atoms with E-state index < -0.39 is 0 Å². The first-order valence-corrected chi connectivity index (χ1v) is 13.2. The van der Waals surface area contributed by atoms with Crippen LogP contribution in [0.25, 0.3) is 6.08 Å². The van der Waals surface area contributed by atoms with E-state index in [1.807, 2.05) is 0 Å². The molecular formula is C31H30FN5O2. The zero-order valence-corrected chi connectivity index (χ0v) is 21.9. The minimum Gasteiger partial charge on any atom is -0.369 e. The Bertz CT molecular complexity index is 1520. The van der Waals surface area contributed by atoms with Gasteiger partial charge in [0.2, 0.25) is 0 Å². The molecular weight excluding hydrogens is 493 g/mol. The molecule has 0 saturated carbocycles. The average molecular weight is 524 g/mol. The Morgan fingerprint density at radius 1 is 1.05 bits per heavy atom. The monoisotopic (exact) mass is 523 g/mol. The number of aromatic nitrogens is 2. The van der Waals surface area contributed by atoms with E-state index in [4.69, 9.17) is 0 Å². The minimum absolute atomic E-state index is 0.0541. The molecule has 2 heterocycles. The zero-order valence-electron chi connectivity index (χ0n) is 21.9. The van der Waals surface area contributed by atoms with E-state index in [9.17, 15) is 14.0 Å². The smallest absolute Gasteiger partial charge is 0.258 e. The van der Waals surface area contributed by atoms with E-state index in [2.05, 4.69) is 51.5 Å². The lowest BCUT2D eigenvalue weighted by molar-refractivity contribution is -0.114. The number of nitrogens with zero attached hydrogens (tertiary/aromatic N) is 4. The largest absolute Gasteiger partial charge is 0.369 e. The van der Waals surface area contributed by atoms with Gasteiger partial charge in [-0.1, -0.05) is 30.4 Å². The lowest BCUT2D eigenvalue weighted by Crippen LogP contribution is -2.44. The Morgan fingerprint density at radius 2 is 1.85 bits per heavy atom. The van der Waals surface area contributed by atoms with Crippen molar-refractivity contribution in [2.45, 2.75) is 19.4 Å². The van der Waals surface area contributed by atoms with Gasteiger partial charge in [-0.3, -0.25) is 14.3 Å². The quantitative estimate of drug-likeness (QED) is 0.530. The average Bonchev–Trinajstić information content (AvgIpc) is 3.58. The number of anilines is 1. The summed E-state index contributed by atoms with van der Waals surface area (Å²) >= 11 is 0. The van der Waals surface area contributed by atoms with Crippen LogP contribution >= 0.6 is 0 Å². The number of hydrogen-bond acceptors (Lipinski definition) is 5. The third-order valence-corrected chi connectivity index (χ3v) is 7.57. The fourth-order valence-electron chi connectivity index (χ4n) is 5.27. The summed E-state index contributed by atoms with van der Waals surface area (Å²) in [6, 6.07) is 12.8. The van der Waals surface area contributed by atoms with Gasteiger partial charge in [0.25, 0.3) is 5.91 Å². The first-order valence-electron chi connectivity index (χ1n) is 13.2. The molecule has 39 heavy (non-hydrogen) atoms. The van der Waals surface area contributed by atoms with E-state index in [0.717, 1.165) is 42.9 Å². The second-order valence-corrected chi connectivity index (χ2v) is 10.4. The van der Waals surface area contributed by atoms with Gasteiger partial charge in [-0.2, -0.15) is 5.10 Å². The molecule has 1 fully saturated rings. The van der Waals surface area contributed by atoms with E-state index in [0.29, 0.717) is 29.8 Å². The van der Waals surface area contributed by atoms with Gasteiger partial charge in [-0.05, 0) is 66.1 Å². The number of halogens is 1. The van der Waals surface area contributed by atoms with Crippen LogP contribution in [-0.4, -0.2) is 59.6 Å². The molecule has 0 atom stereocenters. The minimum atomic E-state index is -0.294. The normalized spacial score (nSPS) is 17.4. The molecule has 3 aromatic rings. The third-order valence-electron chi connectivity index (χ3n) is 7.57. The Balaban J connectivity index is 1.14. The lowest BCUT2D eigenvalue weighted by Gasteiger charge is -2.34. The fraction of sp³-hybridized carbons (Fsp3) is 0.258. The van der Waals surface area contributed by atoms with Crippen LogP contribution in [0.2, 0.25) is 0 Å². The zero-order chi connectivity index (χ0) is 26.9. The molecule has 0 radical (unpaired) electrons. The maximum absolute atomic E-state index is 13.2. The van der Waals surface area contributed by atoms with Crippen molar-refractivity contribution in [2.75, 3.05) is 38.1 Å². The number of carbonyl (C=O) groups excluding carboxylic acids is 2. The Labute approximate surface area is 226 Å². The number of allylic oxidation sites excluding steroid dienone is 4. The summed E-state index contributed by atoms with van der Waals surface area (Å²) in [7, 11) is 2.15. The van der Waals surface area contributed by atoms with Gasteiger partial charge < -0.3 is 15.1 Å². The molecule has 1 amide bonds. The number of piperazine rings is 1. The van der Waals surface area contributed by atoms with Crippen molar-refractivity contribution in [2.24, 2.45) is 0 Å². The molecule has 1 saturated heterocycles. The summed E-state index contributed by atoms with van der Waals surface area (Å²) in [5.41, 5.74) is 7.12. The number of fused-ring (bicyclic) bond motifs is 1. The van der Waals surface area contributed by atoms with Crippen LogP contribution in [0, 0.1) is 5.82 Å². The van der Waals surface area contributed by atoms with Crippen LogP contribution < -0.4 is 10.2 Å². The molecule has 3 aliphatic rings. The number of ketones is 1. The fourth-order valence-corrected chi connectivity index (χ4v) is 5.27. The van der Waals surface area contributed by atoms with Crippen molar-refractivity contribution in [1.82, 2.24) is 20.0 Å². The summed E-state index contributed by atoms with van der Waals surface area (Å²) in [6.07, 6.45) is 9.76. The number of amides is 1. The predicted octanol–water partition coefficient (Wildman–Crippen LogP) is 3.97. The molecule has 8 heteroatoms. The molecule has 2 aromatic carbocycles. The number of Topliss-reactive ketones (excluding diaryl/α,β-unsaturated/α-hetero) is 1. The summed E-state index contributed by atoms with van der Waals surface area (Å²) in [5, 5.41) is 7.19. The summed E-state index contributed by atoms with van der Waals surface area (Å²) in [5.74, 6) is -0.533. The number of rotatable bonds is 6. The van der Waals surface area contributed by atoms with Crippen molar-refractivity contribution in [3.05, 3.63) is 112 Å². The highest BCUT2D eigenvalue weighted by Gasteiger charge is 2.24. The number of benzene rings is 2. The van der Waals surface area contributed by atoms with Crippen LogP contribution in [-0.2, 0) is 17.8 Å². The van der Waals surface area contributed by atoms with Crippen molar-refractivity contribution < 1.29 is 14.0 Å². The van der Waals surface area contributed by atoms with Crippen molar-refractivity contribution >= 4 is 23.5 Å². The third kappa shape index (κ3) is 5.47.